The van der Waals surface area contributed by atoms with Crippen LogP contribution in [-0.2, 0) is 14.3 Å². The Morgan fingerprint density at radius 1 is 1.43 bits per heavy atom. The molecule has 1 saturated heterocycles. The van der Waals surface area contributed by atoms with Gasteiger partial charge < -0.3 is 9.47 Å². The molecule has 0 radical (unpaired) electrons. The monoisotopic (exact) mass is 201 g/mol. The van der Waals surface area contributed by atoms with Gasteiger partial charge in [-0.3, -0.25) is 9.69 Å². The lowest BCUT2D eigenvalue weighted by Crippen LogP contribution is -2.46. The van der Waals surface area contributed by atoms with E-state index < -0.39 is 0 Å². The molecular formula is C10H19NO3. The van der Waals surface area contributed by atoms with E-state index in [1.165, 1.54) is 7.11 Å². The molecule has 0 aromatic heterocycles. The lowest BCUT2D eigenvalue weighted by Gasteiger charge is -2.33. The molecule has 0 saturated carbocycles. The Hall–Kier alpha value is -0.610. The van der Waals surface area contributed by atoms with E-state index in [0.717, 1.165) is 32.4 Å². The van der Waals surface area contributed by atoms with Crippen LogP contribution in [0.1, 0.15) is 19.3 Å². The minimum absolute atomic E-state index is 0.0519. The molecule has 0 bridgehead atoms. The number of nitrogens with zero attached hydrogens (tertiary/aromatic N) is 1. The van der Waals surface area contributed by atoms with E-state index in [0.29, 0.717) is 6.61 Å². The SMILES string of the molecule is COCCN1CCCCC1C(=O)OC. The maximum Gasteiger partial charge on any atom is 0.323 e. The van der Waals surface area contributed by atoms with Gasteiger partial charge in [-0.15, -0.1) is 0 Å². The highest BCUT2D eigenvalue weighted by Crippen LogP contribution is 2.17. The first kappa shape index (κ1) is 11.5. The van der Waals surface area contributed by atoms with Crippen molar-refractivity contribution in [1.29, 1.82) is 0 Å². The summed E-state index contributed by atoms with van der Waals surface area (Å²) in [5, 5.41) is 0. The van der Waals surface area contributed by atoms with Crippen molar-refractivity contribution in [3.05, 3.63) is 0 Å². The highest BCUT2D eigenvalue weighted by Gasteiger charge is 2.28. The zero-order valence-corrected chi connectivity index (χ0v) is 8.99. The molecule has 1 fully saturated rings. The van der Waals surface area contributed by atoms with E-state index in [1.807, 2.05) is 0 Å². The maximum absolute atomic E-state index is 11.4. The van der Waals surface area contributed by atoms with Crippen molar-refractivity contribution in [2.75, 3.05) is 33.9 Å². The Balaban J connectivity index is 2.45. The number of carbonyl (C=O) groups excluding carboxylic acids is 1. The zero-order valence-electron chi connectivity index (χ0n) is 8.99. The molecule has 0 aliphatic carbocycles. The molecule has 0 spiro atoms. The molecule has 4 nitrogen and oxygen atoms in total. The van der Waals surface area contributed by atoms with E-state index >= 15 is 0 Å². The summed E-state index contributed by atoms with van der Waals surface area (Å²) in [5.41, 5.74) is 0. The van der Waals surface area contributed by atoms with Crippen LogP contribution in [0.4, 0.5) is 0 Å². The lowest BCUT2D eigenvalue weighted by atomic mass is 10.0. The first-order valence-electron chi connectivity index (χ1n) is 5.10. The number of piperidine rings is 1. The van der Waals surface area contributed by atoms with E-state index in [4.69, 9.17) is 9.47 Å². The van der Waals surface area contributed by atoms with Crippen molar-refractivity contribution in [2.45, 2.75) is 25.3 Å². The summed E-state index contributed by atoms with van der Waals surface area (Å²) in [6, 6.07) is -0.0519. The predicted octanol–water partition coefficient (Wildman–Crippen LogP) is 0.660. The Kier molecular flexibility index (Phi) is 4.90. The van der Waals surface area contributed by atoms with E-state index in [2.05, 4.69) is 4.90 Å². The van der Waals surface area contributed by atoms with Crippen LogP contribution < -0.4 is 0 Å². The van der Waals surface area contributed by atoms with Gasteiger partial charge in [0.2, 0.25) is 0 Å². The van der Waals surface area contributed by atoms with Gasteiger partial charge in [-0.1, -0.05) is 6.42 Å². The Bertz CT molecular complexity index is 184. The third-order valence-corrected chi connectivity index (χ3v) is 2.67. The lowest BCUT2D eigenvalue weighted by molar-refractivity contribution is -0.148. The average Bonchev–Trinajstić information content (AvgIpc) is 2.25. The van der Waals surface area contributed by atoms with Crippen LogP contribution in [0.25, 0.3) is 0 Å². The molecule has 14 heavy (non-hydrogen) atoms. The minimum atomic E-state index is -0.110. The second kappa shape index (κ2) is 5.98. The second-order valence-corrected chi connectivity index (χ2v) is 3.56. The minimum Gasteiger partial charge on any atom is -0.468 e. The Labute approximate surface area is 85.2 Å². The van der Waals surface area contributed by atoms with Gasteiger partial charge in [-0.2, -0.15) is 0 Å². The van der Waals surface area contributed by atoms with Gasteiger partial charge in [0.25, 0.3) is 0 Å². The molecular weight excluding hydrogens is 182 g/mol. The normalized spacial score (nSPS) is 23.4. The van der Waals surface area contributed by atoms with E-state index in [9.17, 15) is 4.79 Å². The molecule has 1 unspecified atom stereocenters. The van der Waals surface area contributed by atoms with Gasteiger partial charge in [0.15, 0.2) is 0 Å². The van der Waals surface area contributed by atoms with Gasteiger partial charge >= 0.3 is 5.97 Å². The van der Waals surface area contributed by atoms with Crippen LogP contribution in [0.3, 0.4) is 0 Å². The molecule has 1 atom stereocenters. The number of esters is 1. The largest absolute Gasteiger partial charge is 0.468 e. The molecule has 82 valence electrons. The quantitative estimate of drug-likeness (QED) is 0.626. The fourth-order valence-electron chi connectivity index (χ4n) is 1.87. The van der Waals surface area contributed by atoms with Crippen LogP contribution in [0.2, 0.25) is 0 Å². The topological polar surface area (TPSA) is 38.8 Å². The van der Waals surface area contributed by atoms with Crippen LogP contribution in [-0.4, -0.2) is 50.8 Å². The third kappa shape index (κ3) is 2.96. The van der Waals surface area contributed by atoms with Crippen molar-refractivity contribution in [1.82, 2.24) is 4.90 Å². The van der Waals surface area contributed by atoms with Gasteiger partial charge in [0.05, 0.1) is 13.7 Å². The predicted molar refractivity (Wildman–Crippen MR) is 53.1 cm³/mol. The molecule has 1 aliphatic rings. The van der Waals surface area contributed by atoms with E-state index in [-0.39, 0.29) is 12.0 Å². The number of rotatable bonds is 4. The maximum atomic E-state index is 11.4. The Morgan fingerprint density at radius 3 is 2.86 bits per heavy atom. The molecule has 0 N–H and O–H groups in total. The summed E-state index contributed by atoms with van der Waals surface area (Å²) in [7, 11) is 3.13. The number of likely N-dealkylation sites (tertiary alicyclic amines) is 1. The first-order valence-corrected chi connectivity index (χ1v) is 5.10. The van der Waals surface area contributed by atoms with Gasteiger partial charge in [0.1, 0.15) is 6.04 Å². The molecule has 1 heterocycles. The number of methoxy groups -OCH3 is 2. The molecule has 1 aliphatic heterocycles. The summed E-state index contributed by atoms with van der Waals surface area (Å²) < 4.78 is 9.79. The van der Waals surface area contributed by atoms with Gasteiger partial charge in [0, 0.05) is 13.7 Å². The third-order valence-electron chi connectivity index (χ3n) is 2.67. The van der Waals surface area contributed by atoms with Crippen molar-refractivity contribution in [2.24, 2.45) is 0 Å². The smallest absolute Gasteiger partial charge is 0.323 e. The fraction of sp³-hybridized carbons (Fsp3) is 0.900. The highest BCUT2D eigenvalue weighted by atomic mass is 16.5. The number of carbonyl (C=O) groups is 1. The van der Waals surface area contributed by atoms with Crippen molar-refractivity contribution in [3.63, 3.8) is 0 Å². The molecule has 0 amide bonds. The van der Waals surface area contributed by atoms with Gasteiger partial charge in [-0.25, -0.2) is 0 Å². The van der Waals surface area contributed by atoms with E-state index in [1.54, 1.807) is 7.11 Å². The van der Waals surface area contributed by atoms with Crippen LogP contribution in [0.5, 0.6) is 0 Å². The Morgan fingerprint density at radius 2 is 2.21 bits per heavy atom. The average molecular weight is 201 g/mol. The van der Waals surface area contributed by atoms with Gasteiger partial charge in [-0.05, 0) is 19.4 Å². The number of hydrogen-bond donors (Lipinski definition) is 0. The summed E-state index contributed by atoms with van der Waals surface area (Å²) >= 11 is 0. The number of hydrogen-bond acceptors (Lipinski definition) is 4. The van der Waals surface area contributed by atoms with Crippen LogP contribution in [0, 0.1) is 0 Å². The summed E-state index contributed by atoms with van der Waals surface area (Å²) in [6.07, 6.45) is 3.19. The molecule has 0 aromatic rings. The molecule has 1 rings (SSSR count). The van der Waals surface area contributed by atoms with Crippen molar-refractivity contribution < 1.29 is 14.3 Å². The first-order chi connectivity index (χ1) is 6.79. The number of ether oxygens (including phenoxy) is 2. The molecule has 4 heteroatoms. The summed E-state index contributed by atoms with van der Waals surface area (Å²) in [5.74, 6) is -0.110. The highest BCUT2D eigenvalue weighted by molar-refractivity contribution is 5.75. The van der Waals surface area contributed by atoms with Crippen LogP contribution >= 0.6 is 0 Å². The standard InChI is InChI=1S/C10H19NO3/c1-13-8-7-11-6-4-3-5-9(11)10(12)14-2/h9H,3-8H2,1-2H3. The van der Waals surface area contributed by atoms with Crippen LogP contribution in [0.15, 0.2) is 0 Å². The summed E-state index contributed by atoms with van der Waals surface area (Å²) in [6.45, 7) is 2.47. The van der Waals surface area contributed by atoms with Crippen molar-refractivity contribution >= 4 is 5.97 Å². The molecule has 0 aromatic carbocycles. The fourth-order valence-corrected chi connectivity index (χ4v) is 1.87. The second-order valence-electron chi connectivity index (χ2n) is 3.56. The zero-order chi connectivity index (χ0) is 10.4. The summed E-state index contributed by atoms with van der Waals surface area (Å²) in [4.78, 5) is 13.6. The van der Waals surface area contributed by atoms with Crippen molar-refractivity contribution in [3.8, 4) is 0 Å².